The van der Waals surface area contributed by atoms with Gasteiger partial charge in [-0.3, -0.25) is 9.36 Å². The van der Waals surface area contributed by atoms with Gasteiger partial charge in [-0.25, -0.2) is 4.98 Å². The Labute approximate surface area is 191 Å². The van der Waals surface area contributed by atoms with Crippen LogP contribution in [0, 0.1) is 0 Å². The molecule has 5 rings (SSSR count). The summed E-state index contributed by atoms with van der Waals surface area (Å²) in [7, 11) is 0. The second-order valence-electron chi connectivity index (χ2n) is 8.03. The molecule has 1 aliphatic carbocycles. The Morgan fingerprint density at radius 2 is 1.77 bits per heavy atom. The van der Waals surface area contributed by atoms with Crippen LogP contribution in [0.4, 0.5) is 0 Å². The van der Waals surface area contributed by atoms with Crippen LogP contribution in [-0.2, 0) is 25.7 Å². The highest BCUT2D eigenvalue weighted by Gasteiger charge is 2.22. The average Bonchev–Trinajstić information content (AvgIpc) is 3.19. The summed E-state index contributed by atoms with van der Waals surface area (Å²) in [6.45, 7) is 2.15. The van der Waals surface area contributed by atoms with Gasteiger partial charge >= 0.3 is 0 Å². The molecular formula is C26H26N2OS2. The molecule has 0 radical (unpaired) electrons. The molecule has 0 atom stereocenters. The molecule has 0 N–H and O–H groups in total. The maximum absolute atomic E-state index is 13.8. The number of aryl methyl sites for hydroxylation is 4. The SMILES string of the molecule is CCc1ccc(-n2c(SCCc3ccccc3)nc3sc4c(c3c2=O)CCCC4)cc1. The molecule has 0 fully saturated rings. The summed E-state index contributed by atoms with van der Waals surface area (Å²) in [5.74, 6) is 0.889. The van der Waals surface area contributed by atoms with Gasteiger partial charge in [0, 0.05) is 10.6 Å². The minimum absolute atomic E-state index is 0.0934. The third-order valence-electron chi connectivity index (χ3n) is 6.03. The first-order chi connectivity index (χ1) is 15.2. The summed E-state index contributed by atoms with van der Waals surface area (Å²) in [5, 5.41) is 1.66. The lowest BCUT2D eigenvalue weighted by Crippen LogP contribution is -2.22. The van der Waals surface area contributed by atoms with Gasteiger partial charge < -0.3 is 0 Å². The van der Waals surface area contributed by atoms with Crippen LogP contribution in [0.5, 0.6) is 0 Å². The maximum Gasteiger partial charge on any atom is 0.267 e. The van der Waals surface area contributed by atoms with Crippen LogP contribution in [0.3, 0.4) is 0 Å². The number of thioether (sulfide) groups is 1. The second-order valence-corrected chi connectivity index (χ2v) is 10.2. The summed E-state index contributed by atoms with van der Waals surface area (Å²) in [5.41, 5.74) is 4.84. The van der Waals surface area contributed by atoms with E-state index in [1.807, 2.05) is 10.6 Å². The summed E-state index contributed by atoms with van der Waals surface area (Å²) in [6, 6.07) is 18.9. The number of thiophene rings is 1. The fraction of sp³-hybridized carbons (Fsp3) is 0.308. The number of rotatable bonds is 6. The first-order valence-electron chi connectivity index (χ1n) is 11.1. The van der Waals surface area contributed by atoms with Gasteiger partial charge in [0.15, 0.2) is 5.16 Å². The third-order valence-corrected chi connectivity index (χ3v) is 8.15. The van der Waals surface area contributed by atoms with Crippen molar-refractivity contribution in [3.05, 3.63) is 86.5 Å². The zero-order valence-corrected chi connectivity index (χ0v) is 19.4. The Morgan fingerprint density at radius 3 is 2.55 bits per heavy atom. The van der Waals surface area contributed by atoms with Crippen LogP contribution < -0.4 is 5.56 Å². The summed E-state index contributed by atoms with van der Waals surface area (Å²) >= 11 is 3.41. The van der Waals surface area contributed by atoms with E-state index in [4.69, 9.17) is 4.98 Å². The molecule has 0 spiro atoms. The third kappa shape index (κ3) is 4.09. The molecule has 0 bridgehead atoms. The van der Waals surface area contributed by atoms with Gasteiger partial charge in [0.1, 0.15) is 4.83 Å². The van der Waals surface area contributed by atoms with Crippen molar-refractivity contribution < 1.29 is 0 Å². The van der Waals surface area contributed by atoms with Crippen LogP contribution in [-0.4, -0.2) is 15.3 Å². The quantitative estimate of drug-likeness (QED) is 0.260. The van der Waals surface area contributed by atoms with Gasteiger partial charge in [0.05, 0.1) is 11.1 Å². The monoisotopic (exact) mass is 446 g/mol. The maximum atomic E-state index is 13.8. The van der Waals surface area contributed by atoms with Crippen LogP contribution >= 0.6 is 23.1 Å². The van der Waals surface area contributed by atoms with Crippen LogP contribution in [0.2, 0.25) is 0 Å². The van der Waals surface area contributed by atoms with Gasteiger partial charge in [-0.2, -0.15) is 0 Å². The first kappa shape index (κ1) is 20.5. The molecule has 0 aliphatic heterocycles. The Balaban J connectivity index is 1.58. The minimum atomic E-state index is 0.0934. The highest BCUT2D eigenvalue weighted by atomic mass is 32.2. The smallest absolute Gasteiger partial charge is 0.267 e. The van der Waals surface area contributed by atoms with E-state index in [1.54, 1.807) is 23.1 Å². The van der Waals surface area contributed by atoms with Crippen molar-refractivity contribution in [1.29, 1.82) is 0 Å². The molecule has 0 saturated heterocycles. The van der Waals surface area contributed by atoms with E-state index in [0.717, 1.165) is 58.9 Å². The van der Waals surface area contributed by atoms with E-state index in [9.17, 15) is 4.79 Å². The Morgan fingerprint density at radius 1 is 1.00 bits per heavy atom. The van der Waals surface area contributed by atoms with Gasteiger partial charge in [0.2, 0.25) is 0 Å². The molecule has 31 heavy (non-hydrogen) atoms. The lowest BCUT2D eigenvalue weighted by atomic mass is 9.97. The molecule has 0 saturated carbocycles. The van der Waals surface area contributed by atoms with Crippen molar-refractivity contribution in [3.63, 3.8) is 0 Å². The van der Waals surface area contributed by atoms with E-state index >= 15 is 0 Å². The van der Waals surface area contributed by atoms with Crippen molar-refractivity contribution in [1.82, 2.24) is 9.55 Å². The predicted molar refractivity (Wildman–Crippen MR) is 132 cm³/mol. The topological polar surface area (TPSA) is 34.9 Å². The Kier molecular flexibility index (Phi) is 5.97. The molecule has 2 aromatic carbocycles. The zero-order chi connectivity index (χ0) is 21.2. The molecule has 0 amide bonds. The number of hydrogen-bond donors (Lipinski definition) is 0. The lowest BCUT2D eigenvalue weighted by molar-refractivity contribution is 0.699. The zero-order valence-electron chi connectivity index (χ0n) is 17.8. The van der Waals surface area contributed by atoms with Crippen molar-refractivity contribution in [2.24, 2.45) is 0 Å². The number of nitrogens with zero attached hydrogens (tertiary/aromatic N) is 2. The van der Waals surface area contributed by atoms with E-state index < -0.39 is 0 Å². The van der Waals surface area contributed by atoms with E-state index in [-0.39, 0.29) is 5.56 Å². The molecular weight excluding hydrogens is 420 g/mol. The highest BCUT2D eigenvalue weighted by molar-refractivity contribution is 7.99. The first-order valence-corrected chi connectivity index (χ1v) is 12.9. The molecule has 4 aromatic rings. The van der Waals surface area contributed by atoms with E-state index in [2.05, 4.69) is 55.5 Å². The molecule has 2 heterocycles. The number of fused-ring (bicyclic) bond motifs is 3. The van der Waals surface area contributed by atoms with Gasteiger partial charge in [-0.15, -0.1) is 11.3 Å². The van der Waals surface area contributed by atoms with E-state index in [0.29, 0.717) is 0 Å². The highest BCUT2D eigenvalue weighted by Crippen LogP contribution is 2.35. The van der Waals surface area contributed by atoms with Crippen molar-refractivity contribution >= 4 is 33.3 Å². The standard InChI is InChI=1S/C26H26N2OS2/c1-2-18-12-14-20(15-13-18)28-25(29)23-21-10-6-7-11-22(21)31-24(23)27-26(28)30-17-16-19-8-4-3-5-9-19/h3-5,8-9,12-15H,2,6-7,10-11,16-17H2,1H3. The van der Waals surface area contributed by atoms with Crippen LogP contribution in [0.15, 0.2) is 64.5 Å². The van der Waals surface area contributed by atoms with Crippen molar-refractivity contribution in [2.45, 2.75) is 50.6 Å². The molecule has 1 aliphatic rings. The van der Waals surface area contributed by atoms with Gasteiger partial charge in [0.25, 0.3) is 5.56 Å². The van der Waals surface area contributed by atoms with Gasteiger partial charge in [-0.1, -0.05) is 61.2 Å². The van der Waals surface area contributed by atoms with Crippen molar-refractivity contribution in [2.75, 3.05) is 5.75 Å². The molecule has 2 aromatic heterocycles. The number of benzene rings is 2. The summed E-state index contributed by atoms with van der Waals surface area (Å²) in [4.78, 5) is 21.1. The number of hydrogen-bond acceptors (Lipinski definition) is 4. The minimum Gasteiger partial charge on any atom is -0.268 e. The fourth-order valence-corrected chi connectivity index (χ4v) is 6.60. The Hall–Kier alpha value is -2.37. The largest absolute Gasteiger partial charge is 0.268 e. The van der Waals surface area contributed by atoms with Crippen LogP contribution in [0.1, 0.15) is 41.3 Å². The Bertz CT molecular complexity index is 1260. The average molecular weight is 447 g/mol. The van der Waals surface area contributed by atoms with Gasteiger partial charge in [-0.05, 0) is 67.3 Å². The molecule has 158 valence electrons. The fourth-order valence-electron chi connectivity index (χ4n) is 4.30. The summed E-state index contributed by atoms with van der Waals surface area (Å²) in [6.07, 6.45) is 6.40. The number of aromatic nitrogens is 2. The normalized spacial score (nSPS) is 13.5. The van der Waals surface area contributed by atoms with Crippen LogP contribution in [0.25, 0.3) is 15.9 Å². The molecule has 0 unspecified atom stereocenters. The molecule has 5 heteroatoms. The summed E-state index contributed by atoms with van der Waals surface area (Å²) < 4.78 is 1.85. The van der Waals surface area contributed by atoms with E-state index in [1.165, 1.54) is 28.0 Å². The predicted octanol–water partition coefficient (Wildman–Crippen LogP) is 6.22. The second kappa shape index (κ2) is 9.01. The van der Waals surface area contributed by atoms with Crippen molar-refractivity contribution in [3.8, 4) is 5.69 Å². The molecule has 3 nitrogen and oxygen atoms in total. The lowest BCUT2D eigenvalue weighted by Gasteiger charge is -2.14.